The highest BCUT2D eigenvalue weighted by Gasteiger charge is 2.00. The van der Waals surface area contributed by atoms with Crippen molar-refractivity contribution in [3.8, 4) is 0 Å². The number of thiazole rings is 1. The van der Waals surface area contributed by atoms with E-state index in [-0.39, 0.29) is 0 Å². The van der Waals surface area contributed by atoms with Crippen LogP contribution in [-0.4, -0.2) is 4.98 Å². The molecule has 0 spiro atoms. The summed E-state index contributed by atoms with van der Waals surface area (Å²) in [7, 11) is 0. The highest BCUT2D eigenvalue weighted by molar-refractivity contribution is 7.98. The molecule has 2 aromatic rings. The topological polar surface area (TPSA) is 38.9 Å². The van der Waals surface area contributed by atoms with Crippen LogP contribution < -0.4 is 5.73 Å². The third-order valence-electron chi connectivity index (χ3n) is 1.98. The molecular formula is C11H12N2S2. The first-order chi connectivity index (χ1) is 7.24. The maximum Gasteiger partial charge on any atom is 0.180 e. The summed E-state index contributed by atoms with van der Waals surface area (Å²) in [6, 6.07) is 8.51. The Hall–Kier alpha value is -1.00. The number of thioether (sulfide) groups is 1. The van der Waals surface area contributed by atoms with Crippen LogP contribution >= 0.6 is 23.1 Å². The van der Waals surface area contributed by atoms with Gasteiger partial charge in [0.1, 0.15) is 0 Å². The number of benzene rings is 1. The second kappa shape index (κ2) is 4.68. The van der Waals surface area contributed by atoms with Crippen molar-refractivity contribution in [2.24, 2.45) is 0 Å². The lowest BCUT2D eigenvalue weighted by Crippen LogP contribution is -1.84. The summed E-state index contributed by atoms with van der Waals surface area (Å²) in [6.45, 7) is 2.09. The van der Waals surface area contributed by atoms with E-state index in [4.69, 9.17) is 5.73 Å². The third-order valence-corrected chi connectivity index (χ3v) is 3.75. The molecule has 1 aromatic heterocycles. The maximum absolute atomic E-state index is 5.57. The Morgan fingerprint density at radius 2 is 2.07 bits per heavy atom. The molecule has 0 aliphatic carbocycles. The Balaban J connectivity index is 1.96. The van der Waals surface area contributed by atoms with Crippen LogP contribution in [0.1, 0.15) is 11.3 Å². The lowest BCUT2D eigenvalue weighted by molar-refractivity contribution is 1.23. The van der Waals surface area contributed by atoms with Crippen LogP contribution in [0.25, 0.3) is 0 Å². The maximum atomic E-state index is 5.57. The van der Waals surface area contributed by atoms with Crippen LogP contribution in [0.2, 0.25) is 0 Å². The van der Waals surface area contributed by atoms with Gasteiger partial charge in [0.15, 0.2) is 5.13 Å². The summed E-state index contributed by atoms with van der Waals surface area (Å²) in [5.74, 6) is 0.886. The standard InChI is InChI=1S/C11H12N2S2/c1-8-2-4-10(5-3-8)14-6-9-7-15-11(12)13-9/h2-5,7H,6H2,1H3,(H2,12,13). The molecule has 1 heterocycles. The van der Waals surface area contributed by atoms with Gasteiger partial charge in [0.2, 0.25) is 0 Å². The molecule has 0 aliphatic rings. The van der Waals surface area contributed by atoms with Gasteiger partial charge < -0.3 is 5.73 Å². The van der Waals surface area contributed by atoms with E-state index in [2.05, 4.69) is 36.2 Å². The Kier molecular flexibility index (Phi) is 3.28. The van der Waals surface area contributed by atoms with Crippen LogP contribution in [-0.2, 0) is 5.75 Å². The normalized spacial score (nSPS) is 10.5. The monoisotopic (exact) mass is 236 g/mol. The first-order valence-corrected chi connectivity index (χ1v) is 6.50. The molecule has 0 radical (unpaired) electrons. The molecule has 0 bridgehead atoms. The van der Waals surface area contributed by atoms with Crippen molar-refractivity contribution in [1.29, 1.82) is 0 Å². The van der Waals surface area contributed by atoms with Crippen molar-refractivity contribution in [3.63, 3.8) is 0 Å². The minimum absolute atomic E-state index is 0.648. The molecule has 15 heavy (non-hydrogen) atoms. The summed E-state index contributed by atoms with van der Waals surface area (Å²) in [5.41, 5.74) is 7.91. The molecule has 2 N–H and O–H groups in total. The number of aryl methyl sites for hydroxylation is 1. The largest absolute Gasteiger partial charge is 0.375 e. The second-order valence-corrected chi connectivity index (χ2v) is 5.22. The molecule has 78 valence electrons. The Morgan fingerprint density at radius 1 is 1.33 bits per heavy atom. The molecule has 0 saturated carbocycles. The number of hydrogen-bond acceptors (Lipinski definition) is 4. The Bertz CT molecular complexity index is 434. The van der Waals surface area contributed by atoms with Gasteiger partial charge in [-0.15, -0.1) is 23.1 Å². The minimum Gasteiger partial charge on any atom is -0.375 e. The molecule has 0 aliphatic heterocycles. The van der Waals surface area contributed by atoms with Crippen molar-refractivity contribution in [2.75, 3.05) is 5.73 Å². The van der Waals surface area contributed by atoms with Crippen LogP contribution in [0.4, 0.5) is 5.13 Å². The summed E-state index contributed by atoms with van der Waals surface area (Å²) in [5, 5.41) is 2.66. The van der Waals surface area contributed by atoms with E-state index < -0.39 is 0 Å². The molecule has 2 rings (SSSR count). The van der Waals surface area contributed by atoms with Gasteiger partial charge in [-0.25, -0.2) is 4.98 Å². The fourth-order valence-electron chi connectivity index (χ4n) is 1.18. The quantitative estimate of drug-likeness (QED) is 0.831. The van der Waals surface area contributed by atoms with E-state index in [9.17, 15) is 0 Å². The highest BCUT2D eigenvalue weighted by atomic mass is 32.2. The highest BCUT2D eigenvalue weighted by Crippen LogP contribution is 2.24. The fourth-order valence-corrected chi connectivity index (χ4v) is 2.64. The number of nitrogens with zero attached hydrogens (tertiary/aromatic N) is 1. The molecule has 0 atom stereocenters. The summed E-state index contributed by atoms with van der Waals surface area (Å²) in [6.07, 6.45) is 0. The molecule has 0 unspecified atom stereocenters. The summed E-state index contributed by atoms with van der Waals surface area (Å²) >= 11 is 3.28. The lowest BCUT2D eigenvalue weighted by atomic mass is 10.2. The van der Waals surface area contributed by atoms with Crippen LogP contribution in [0.3, 0.4) is 0 Å². The van der Waals surface area contributed by atoms with Gasteiger partial charge in [-0.1, -0.05) is 17.7 Å². The van der Waals surface area contributed by atoms with Gasteiger partial charge in [0, 0.05) is 16.0 Å². The van der Waals surface area contributed by atoms with E-state index in [1.807, 2.05) is 5.38 Å². The molecule has 0 fully saturated rings. The molecule has 2 nitrogen and oxygen atoms in total. The Labute approximate surface area is 97.5 Å². The molecule has 0 amide bonds. The zero-order valence-corrected chi connectivity index (χ0v) is 10.1. The van der Waals surface area contributed by atoms with Gasteiger partial charge in [-0.05, 0) is 19.1 Å². The van der Waals surface area contributed by atoms with Crippen LogP contribution in [0.5, 0.6) is 0 Å². The fraction of sp³-hybridized carbons (Fsp3) is 0.182. The van der Waals surface area contributed by atoms with Crippen molar-refractivity contribution in [1.82, 2.24) is 4.98 Å². The Morgan fingerprint density at radius 3 is 2.67 bits per heavy atom. The number of nitrogens with two attached hydrogens (primary N) is 1. The summed E-state index contributed by atoms with van der Waals surface area (Å²) < 4.78 is 0. The predicted molar refractivity (Wildman–Crippen MR) is 67.3 cm³/mol. The number of nitrogen functional groups attached to an aromatic ring is 1. The number of hydrogen-bond donors (Lipinski definition) is 1. The van der Waals surface area contributed by atoms with Crippen molar-refractivity contribution in [3.05, 3.63) is 40.9 Å². The van der Waals surface area contributed by atoms with E-state index in [0.29, 0.717) is 5.13 Å². The predicted octanol–water partition coefficient (Wildman–Crippen LogP) is 3.33. The first kappa shape index (κ1) is 10.5. The minimum atomic E-state index is 0.648. The van der Waals surface area contributed by atoms with Crippen LogP contribution in [0.15, 0.2) is 34.5 Å². The van der Waals surface area contributed by atoms with Crippen LogP contribution in [0, 0.1) is 6.92 Å². The zero-order chi connectivity index (χ0) is 10.7. The average Bonchev–Trinajstić information content (AvgIpc) is 2.64. The molecular weight excluding hydrogens is 224 g/mol. The lowest BCUT2D eigenvalue weighted by Gasteiger charge is -1.99. The van der Waals surface area contributed by atoms with Gasteiger partial charge in [-0.2, -0.15) is 0 Å². The van der Waals surface area contributed by atoms with E-state index in [1.165, 1.54) is 21.8 Å². The SMILES string of the molecule is Cc1ccc(SCc2csc(N)n2)cc1. The number of aromatic nitrogens is 1. The molecule has 1 aromatic carbocycles. The van der Waals surface area contributed by atoms with Crippen molar-refractivity contribution in [2.45, 2.75) is 17.6 Å². The summed E-state index contributed by atoms with van der Waals surface area (Å²) in [4.78, 5) is 5.49. The number of anilines is 1. The van der Waals surface area contributed by atoms with Crippen molar-refractivity contribution < 1.29 is 0 Å². The van der Waals surface area contributed by atoms with Gasteiger partial charge in [0.05, 0.1) is 5.69 Å². The van der Waals surface area contributed by atoms with E-state index in [0.717, 1.165) is 11.4 Å². The second-order valence-electron chi connectivity index (χ2n) is 3.28. The smallest absolute Gasteiger partial charge is 0.180 e. The first-order valence-electron chi connectivity index (χ1n) is 4.63. The van der Waals surface area contributed by atoms with Gasteiger partial charge in [-0.3, -0.25) is 0 Å². The molecule has 4 heteroatoms. The third kappa shape index (κ3) is 2.97. The zero-order valence-electron chi connectivity index (χ0n) is 8.43. The van der Waals surface area contributed by atoms with Gasteiger partial charge in [0.25, 0.3) is 0 Å². The number of rotatable bonds is 3. The average molecular weight is 236 g/mol. The van der Waals surface area contributed by atoms with Gasteiger partial charge >= 0.3 is 0 Å². The molecule has 0 saturated heterocycles. The van der Waals surface area contributed by atoms with E-state index >= 15 is 0 Å². The van der Waals surface area contributed by atoms with E-state index in [1.54, 1.807) is 11.8 Å². The van der Waals surface area contributed by atoms with Crippen molar-refractivity contribution >= 4 is 28.2 Å².